The zero-order valence-electron chi connectivity index (χ0n) is 8.09. The van der Waals surface area contributed by atoms with Crippen molar-refractivity contribution in [2.45, 2.75) is 19.3 Å². The third kappa shape index (κ3) is 2.93. The van der Waals surface area contributed by atoms with E-state index >= 15 is 0 Å². The van der Waals surface area contributed by atoms with Gasteiger partial charge in [-0.3, -0.25) is 0 Å². The standard InChI is InChI=1S/C11H12ClNO/c1-14-10-6-5-9(11(12)8-10)4-2-3-7-13/h5-6,8H,2-4H2,1H3. The Morgan fingerprint density at radius 1 is 1.50 bits per heavy atom. The highest BCUT2D eigenvalue weighted by atomic mass is 35.5. The van der Waals surface area contributed by atoms with E-state index in [-0.39, 0.29) is 0 Å². The second-order valence-electron chi connectivity index (χ2n) is 2.97. The average molecular weight is 210 g/mol. The van der Waals surface area contributed by atoms with Gasteiger partial charge in [0.2, 0.25) is 0 Å². The first-order valence-corrected chi connectivity index (χ1v) is 4.85. The summed E-state index contributed by atoms with van der Waals surface area (Å²) in [6, 6.07) is 7.73. The maximum atomic E-state index is 8.39. The van der Waals surface area contributed by atoms with Gasteiger partial charge in [0.1, 0.15) is 5.75 Å². The number of nitriles is 1. The highest BCUT2D eigenvalue weighted by molar-refractivity contribution is 6.31. The Kier molecular flexibility index (Phi) is 4.28. The molecule has 0 saturated carbocycles. The van der Waals surface area contributed by atoms with Crippen LogP contribution in [0.4, 0.5) is 0 Å². The van der Waals surface area contributed by atoms with Crippen LogP contribution in [0.25, 0.3) is 0 Å². The molecule has 0 amide bonds. The van der Waals surface area contributed by atoms with Gasteiger partial charge >= 0.3 is 0 Å². The van der Waals surface area contributed by atoms with E-state index in [4.69, 9.17) is 21.6 Å². The number of unbranched alkanes of at least 4 members (excludes halogenated alkanes) is 1. The molecule has 0 aliphatic rings. The lowest BCUT2D eigenvalue weighted by Gasteiger charge is -2.05. The summed E-state index contributed by atoms with van der Waals surface area (Å²) in [6.45, 7) is 0. The van der Waals surface area contributed by atoms with Gasteiger partial charge in [0.05, 0.1) is 13.2 Å². The maximum absolute atomic E-state index is 8.39. The maximum Gasteiger partial charge on any atom is 0.120 e. The van der Waals surface area contributed by atoms with E-state index < -0.39 is 0 Å². The fourth-order valence-electron chi connectivity index (χ4n) is 1.22. The third-order valence-corrected chi connectivity index (χ3v) is 2.35. The highest BCUT2D eigenvalue weighted by Crippen LogP contribution is 2.23. The number of nitrogens with zero attached hydrogens (tertiary/aromatic N) is 1. The third-order valence-electron chi connectivity index (χ3n) is 1.99. The van der Waals surface area contributed by atoms with Crippen molar-refractivity contribution in [2.75, 3.05) is 7.11 Å². The van der Waals surface area contributed by atoms with Crippen molar-refractivity contribution in [3.63, 3.8) is 0 Å². The van der Waals surface area contributed by atoms with Crippen molar-refractivity contribution in [2.24, 2.45) is 0 Å². The van der Waals surface area contributed by atoms with Gasteiger partial charge in [-0.25, -0.2) is 0 Å². The second-order valence-corrected chi connectivity index (χ2v) is 3.38. The van der Waals surface area contributed by atoms with Crippen LogP contribution in [-0.2, 0) is 6.42 Å². The number of ether oxygens (including phenoxy) is 1. The number of methoxy groups -OCH3 is 1. The van der Waals surface area contributed by atoms with E-state index in [1.165, 1.54) is 0 Å². The molecule has 1 rings (SSSR count). The van der Waals surface area contributed by atoms with Gasteiger partial charge in [-0.1, -0.05) is 17.7 Å². The van der Waals surface area contributed by atoms with Gasteiger partial charge in [-0.15, -0.1) is 0 Å². The lowest BCUT2D eigenvalue weighted by atomic mass is 10.1. The van der Waals surface area contributed by atoms with Gasteiger partial charge in [-0.05, 0) is 30.5 Å². The predicted molar refractivity (Wildman–Crippen MR) is 56.6 cm³/mol. The lowest BCUT2D eigenvalue weighted by Crippen LogP contribution is -1.88. The minimum atomic E-state index is 0.572. The monoisotopic (exact) mass is 209 g/mol. The summed E-state index contributed by atoms with van der Waals surface area (Å²) in [6.07, 6.45) is 2.27. The van der Waals surface area contributed by atoms with Crippen molar-refractivity contribution in [1.29, 1.82) is 5.26 Å². The summed E-state index contributed by atoms with van der Waals surface area (Å²) >= 11 is 6.02. The normalized spacial score (nSPS) is 9.50. The number of aryl methyl sites for hydroxylation is 1. The van der Waals surface area contributed by atoms with Gasteiger partial charge in [0.15, 0.2) is 0 Å². The molecule has 0 fully saturated rings. The van der Waals surface area contributed by atoms with Gasteiger partial charge in [0.25, 0.3) is 0 Å². The van der Waals surface area contributed by atoms with E-state index in [2.05, 4.69) is 6.07 Å². The van der Waals surface area contributed by atoms with Crippen LogP contribution in [0.1, 0.15) is 18.4 Å². The van der Waals surface area contributed by atoms with Crippen LogP contribution in [0.2, 0.25) is 5.02 Å². The largest absolute Gasteiger partial charge is 0.497 e. The molecule has 0 unspecified atom stereocenters. The number of hydrogen-bond donors (Lipinski definition) is 0. The average Bonchev–Trinajstić information content (AvgIpc) is 2.20. The Labute approximate surface area is 89.1 Å². The van der Waals surface area contributed by atoms with Crippen molar-refractivity contribution in [3.05, 3.63) is 28.8 Å². The van der Waals surface area contributed by atoms with Gasteiger partial charge < -0.3 is 4.74 Å². The molecule has 0 N–H and O–H groups in total. The van der Waals surface area contributed by atoms with E-state index in [0.29, 0.717) is 11.4 Å². The predicted octanol–water partition coefficient (Wildman–Crippen LogP) is 3.19. The highest BCUT2D eigenvalue weighted by Gasteiger charge is 2.01. The fraction of sp³-hybridized carbons (Fsp3) is 0.364. The van der Waals surface area contributed by atoms with Crippen LogP contribution in [0.5, 0.6) is 5.75 Å². The molecule has 74 valence electrons. The summed E-state index contributed by atoms with van der Waals surface area (Å²) in [5.41, 5.74) is 1.07. The molecule has 0 bridgehead atoms. The summed E-state index contributed by atoms with van der Waals surface area (Å²) in [7, 11) is 1.61. The molecular formula is C11H12ClNO. The Morgan fingerprint density at radius 2 is 2.29 bits per heavy atom. The Bertz CT molecular complexity index is 344. The van der Waals surface area contributed by atoms with E-state index in [1.54, 1.807) is 13.2 Å². The molecular weight excluding hydrogens is 198 g/mol. The molecule has 0 saturated heterocycles. The first-order valence-electron chi connectivity index (χ1n) is 4.47. The zero-order valence-corrected chi connectivity index (χ0v) is 8.84. The molecule has 0 radical (unpaired) electrons. The van der Waals surface area contributed by atoms with Crippen LogP contribution in [-0.4, -0.2) is 7.11 Å². The smallest absolute Gasteiger partial charge is 0.120 e. The SMILES string of the molecule is COc1ccc(CCCC#N)c(Cl)c1. The Morgan fingerprint density at radius 3 is 2.86 bits per heavy atom. The van der Waals surface area contributed by atoms with Crippen LogP contribution >= 0.6 is 11.6 Å². The molecule has 2 nitrogen and oxygen atoms in total. The summed E-state index contributed by atoms with van der Waals surface area (Å²) < 4.78 is 5.04. The first-order chi connectivity index (χ1) is 6.77. The summed E-state index contributed by atoms with van der Waals surface area (Å²) in [5.74, 6) is 0.763. The molecule has 1 aromatic rings. The molecule has 0 aliphatic heterocycles. The van der Waals surface area contributed by atoms with Crippen molar-refractivity contribution < 1.29 is 4.74 Å². The van der Waals surface area contributed by atoms with E-state index in [1.807, 2.05) is 12.1 Å². The zero-order chi connectivity index (χ0) is 10.4. The van der Waals surface area contributed by atoms with Crippen LogP contribution in [0.15, 0.2) is 18.2 Å². The first kappa shape index (κ1) is 10.9. The quantitative estimate of drug-likeness (QED) is 0.714. The number of benzene rings is 1. The molecule has 1 aromatic carbocycles. The van der Waals surface area contributed by atoms with Gasteiger partial charge in [0, 0.05) is 11.4 Å². The molecule has 0 aliphatic carbocycles. The molecule has 3 heteroatoms. The molecule has 0 heterocycles. The van der Waals surface area contributed by atoms with Gasteiger partial charge in [-0.2, -0.15) is 5.26 Å². The van der Waals surface area contributed by atoms with E-state index in [9.17, 15) is 0 Å². The van der Waals surface area contributed by atoms with Crippen LogP contribution < -0.4 is 4.74 Å². The molecule has 14 heavy (non-hydrogen) atoms. The van der Waals surface area contributed by atoms with Crippen molar-refractivity contribution in [1.82, 2.24) is 0 Å². The van der Waals surface area contributed by atoms with Crippen molar-refractivity contribution >= 4 is 11.6 Å². The lowest BCUT2D eigenvalue weighted by molar-refractivity contribution is 0.414. The number of rotatable bonds is 4. The summed E-state index contributed by atoms with van der Waals surface area (Å²) in [5, 5.41) is 9.10. The topological polar surface area (TPSA) is 33.0 Å². The minimum absolute atomic E-state index is 0.572. The number of halogens is 1. The molecule has 0 aromatic heterocycles. The second kappa shape index (κ2) is 5.51. The molecule has 0 spiro atoms. The fourth-order valence-corrected chi connectivity index (χ4v) is 1.48. The number of hydrogen-bond acceptors (Lipinski definition) is 2. The minimum Gasteiger partial charge on any atom is -0.497 e. The Balaban J connectivity index is 2.65. The van der Waals surface area contributed by atoms with E-state index in [0.717, 1.165) is 24.2 Å². The van der Waals surface area contributed by atoms with Crippen LogP contribution in [0, 0.1) is 11.3 Å². The van der Waals surface area contributed by atoms with Crippen molar-refractivity contribution in [3.8, 4) is 11.8 Å². The summed E-state index contributed by atoms with van der Waals surface area (Å²) in [4.78, 5) is 0. The van der Waals surface area contributed by atoms with Crippen LogP contribution in [0.3, 0.4) is 0 Å². The molecule has 0 atom stereocenters. The Hall–Kier alpha value is -1.20.